The molecule has 5 nitrogen and oxygen atoms in total. The van der Waals surface area contributed by atoms with Gasteiger partial charge in [0.15, 0.2) is 5.69 Å². The van der Waals surface area contributed by atoms with E-state index in [1.54, 1.807) is 12.1 Å². The molecule has 0 spiro atoms. The number of nitrogens with zero attached hydrogens (tertiary/aromatic N) is 2. The van der Waals surface area contributed by atoms with Gasteiger partial charge in [-0.3, -0.25) is 4.79 Å². The first-order valence-electron chi connectivity index (χ1n) is 5.63. The molecule has 0 aromatic carbocycles. The van der Waals surface area contributed by atoms with Crippen LogP contribution >= 0.6 is 0 Å². The summed E-state index contributed by atoms with van der Waals surface area (Å²) in [6.45, 7) is 0.741. The lowest BCUT2D eigenvalue weighted by Gasteiger charge is -2.09. The molecule has 1 aromatic heterocycles. The van der Waals surface area contributed by atoms with E-state index in [2.05, 4.69) is 15.5 Å². The Bertz CT molecular complexity index is 357. The number of carbonyl (C=O) groups excluding carboxylic acids is 1. The smallest absolute Gasteiger partial charge is 0.271 e. The SMILES string of the molecule is Nc1ccc(C(=O)NCC2CCCC2)nn1. The fraction of sp³-hybridized carbons (Fsp3) is 0.545. The Labute approximate surface area is 94.4 Å². The van der Waals surface area contributed by atoms with E-state index < -0.39 is 0 Å². The summed E-state index contributed by atoms with van der Waals surface area (Å²) < 4.78 is 0. The van der Waals surface area contributed by atoms with E-state index in [4.69, 9.17) is 5.73 Å². The van der Waals surface area contributed by atoms with E-state index >= 15 is 0 Å². The number of nitrogens with two attached hydrogens (primary N) is 1. The van der Waals surface area contributed by atoms with Crippen LogP contribution in [0.25, 0.3) is 0 Å². The van der Waals surface area contributed by atoms with Gasteiger partial charge in [0.25, 0.3) is 5.91 Å². The highest BCUT2D eigenvalue weighted by Crippen LogP contribution is 2.23. The zero-order chi connectivity index (χ0) is 11.4. The van der Waals surface area contributed by atoms with Crippen LogP contribution in [0, 0.1) is 5.92 Å². The van der Waals surface area contributed by atoms with E-state index in [1.165, 1.54) is 25.7 Å². The van der Waals surface area contributed by atoms with Crippen LogP contribution in [-0.2, 0) is 0 Å². The molecular formula is C11H16N4O. The molecule has 2 rings (SSSR count). The lowest BCUT2D eigenvalue weighted by molar-refractivity contribution is 0.0941. The molecule has 0 saturated heterocycles. The van der Waals surface area contributed by atoms with Crippen molar-refractivity contribution < 1.29 is 4.79 Å². The molecule has 0 bridgehead atoms. The second-order valence-electron chi connectivity index (χ2n) is 4.20. The lowest BCUT2D eigenvalue weighted by Crippen LogP contribution is -2.29. The maximum Gasteiger partial charge on any atom is 0.271 e. The highest BCUT2D eigenvalue weighted by atomic mass is 16.1. The number of carbonyl (C=O) groups is 1. The van der Waals surface area contributed by atoms with Gasteiger partial charge >= 0.3 is 0 Å². The average Bonchev–Trinajstić information content (AvgIpc) is 2.80. The van der Waals surface area contributed by atoms with Crippen LogP contribution in [0.3, 0.4) is 0 Å². The standard InChI is InChI=1S/C11H16N4O/c12-10-6-5-9(14-15-10)11(16)13-7-8-3-1-2-4-8/h5-6,8H,1-4,7H2,(H2,12,15)(H,13,16). The second-order valence-corrected chi connectivity index (χ2v) is 4.20. The van der Waals surface area contributed by atoms with Crippen molar-refractivity contribution in [1.29, 1.82) is 0 Å². The van der Waals surface area contributed by atoms with Gasteiger partial charge in [-0.1, -0.05) is 12.8 Å². The minimum absolute atomic E-state index is 0.167. The third-order valence-corrected chi connectivity index (χ3v) is 2.94. The molecule has 16 heavy (non-hydrogen) atoms. The minimum Gasteiger partial charge on any atom is -0.382 e. The third-order valence-electron chi connectivity index (χ3n) is 2.94. The first-order chi connectivity index (χ1) is 7.75. The van der Waals surface area contributed by atoms with E-state index in [9.17, 15) is 4.79 Å². The van der Waals surface area contributed by atoms with Crippen molar-refractivity contribution in [3.63, 3.8) is 0 Å². The fourth-order valence-corrected chi connectivity index (χ4v) is 2.01. The van der Waals surface area contributed by atoms with Crippen molar-refractivity contribution in [3.05, 3.63) is 17.8 Å². The molecule has 1 aromatic rings. The van der Waals surface area contributed by atoms with Gasteiger partial charge in [0, 0.05) is 6.54 Å². The zero-order valence-electron chi connectivity index (χ0n) is 9.15. The largest absolute Gasteiger partial charge is 0.382 e. The van der Waals surface area contributed by atoms with Gasteiger partial charge in [-0.05, 0) is 30.9 Å². The summed E-state index contributed by atoms with van der Waals surface area (Å²) in [5.41, 5.74) is 5.72. The molecule has 3 N–H and O–H groups in total. The van der Waals surface area contributed by atoms with Crippen LogP contribution in [0.15, 0.2) is 12.1 Å². The number of nitrogen functional groups attached to an aromatic ring is 1. The predicted molar refractivity (Wildman–Crippen MR) is 60.7 cm³/mol. The molecule has 0 aliphatic heterocycles. The maximum absolute atomic E-state index is 11.7. The fourth-order valence-electron chi connectivity index (χ4n) is 2.01. The highest BCUT2D eigenvalue weighted by molar-refractivity contribution is 5.92. The number of anilines is 1. The molecule has 0 radical (unpaired) electrons. The molecule has 5 heteroatoms. The van der Waals surface area contributed by atoms with Gasteiger partial charge in [0.2, 0.25) is 0 Å². The predicted octanol–water partition coefficient (Wildman–Crippen LogP) is 0.979. The summed E-state index contributed by atoms with van der Waals surface area (Å²) in [5.74, 6) is 0.789. The Morgan fingerprint density at radius 3 is 2.75 bits per heavy atom. The summed E-state index contributed by atoms with van der Waals surface area (Å²) >= 11 is 0. The van der Waals surface area contributed by atoms with Gasteiger partial charge in [-0.15, -0.1) is 10.2 Å². The Morgan fingerprint density at radius 2 is 2.12 bits per heavy atom. The van der Waals surface area contributed by atoms with Gasteiger partial charge in [-0.2, -0.15) is 0 Å². The Morgan fingerprint density at radius 1 is 1.38 bits per heavy atom. The van der Waals surface area contributed by atoms with E-state index in [0.717, 1.165) is 6.54 Å². The summed E-state index contributed by atoms with van der Waals surface area (Å²) in [6, 6.07) is 3.17. The zero-order valence-corrected chi connectivity index (χ0v) is 9.15. The molecule has 1 aliphatic carbocycles. The molecule has 1 saturated carbocycles. The van der Waals surface area contributed by atoms with Crippen molar-refractivity contribution in [2.75, 3.05) is 12.3 Å². The van der Waals surface area contributed by atoms with Gasteiger partial charge in [-0.25, -0.2) is 0 Å². The molecule has 0 unspecified atom stereocenters. The molecule has 1 heterocycles. The first-order valence-corrected chi connectivity index (χ1v) is 5.63. The number of amides is 1. The number of aromatic nitrogens is 2. The molecule has 0 atom stereocenters. The molecule has 1 amide bonds. The van der Waals surface area contributed by atoms with Crippen LogP contribution in [0.4, 0.5) is 5.82 Å². The van der Waals surface area contributed by atoms with Crippen molar-refractivity contribution in [2.45, 2.75) is 25.7 Å². The van der Waals surface area contributed by atoms with E-state index in [-0.39, 0.29) is 5.91 Å². The van der Waals surface area contributed by atoms with Gasteiger partial charge in [0.1, 0.15) is 5.82 Å². The van der Waals surface area contributed by atoms with Crippen LogP contribution in [0.1, 0.15) is 36.2 Å². The quantitative estimate of drug-likeness (QED) is 0.795. The first kappa shape index (κ1) is 10.9. The summed E-state index contributed by atoms with van der Waals surface area (Å²) in [6.07, 6.45) is 4.99. The summed E-state index contributed by atoms with van der Waals surface area (Å²) in [7, 11) is 0. The average molecular weight is 220 g/mol. The monoisotopic (exact) mass is 220 g/mol. The lowest BCUT2D eigenvalue weighted by atomic mass is 10.1. The number of hydrogen-bond acceptors (Lipinski definition) is 4. The maximum atomic E-state index is 11.7. The van der Waals surface area contributed by atoms with Crippen LogP contribution in [0.2, 0.25) is 0 Å². The van der Waals surface area contributed by atoms with E-state index in [0.29, 0.717) is 17.4 Å². The Kier molecular flexibility index (Phi) is 3.34. The number of hydrogen-bond donors (Lipinski definition) is 2. The van der Waals surface area contributed by atoms with Crippen LogP contribution in [0.5, 0.6) is 0 Å². The van der Waals surface area contributed by atoms with Crippen LogP contribution < -0.4 is 11.1 Å². The Hall–Kier alpha value is -1.65. The van der Waals surface area contributed by atoms with Crippen molar-refractivity contribution in [3.8, 4) is 0 Å². The third kappa shape index (κ3) is 2.68. The second kappa shape index (κ2) is 4.92. The summed E-state index contributed by atoms with van der Waals surface area (Å²) in [5, 5.41) is 10.3. The Balaban J connectivity index is 1.85. The highest BCUT2D eigenvalue weighted by Gasteiger charge is 2.16. The molecular weight excluding hydrogens is 204 g/mol. The topological polar surface area (TPSA) is 80.9 Å². The van der Waals surface area contributed by atoms with Gasteiger partial charge < -0.3 is 11.1 Å². The molecule has 86 valence electrons. The number of nitrogens with one attached hydrogen (secondary N) is 1. The van der Waals surface area contributed by atoms with Crippen LogP contribution in [-0.4, -0.2) is 22.6 Å². The van der Waals surface area contributed by atoms with E-state index in [1.807, 2.05) is 0 Å². The van der Waals surface area contributed by atoms with Crippen molar-refractivity contribution in [1.82, 2.24) is 15.5 Å². The van der Waals surface area contributed by atoms with Gasteiger partial charge in [0.05, 0.1) is 0 Å². The minimum atomic E-state index is -0.167. The summed E-state index contributed by atoms with van der Waals surface area (Å²) in [4.78, 5) is 11.7. The molecule has 1 fully saturated rings. The molecule has 1 aliphatic rings. The van der Waals surface area contributed by atoms with Crippen molar-refractivity contribution >= 4 is 11.7 Å². The normalized spacial score (nSPS) is 16.2. The number of rotatable bonds is 3. The van der Waals surface area contributed by atoms with Crippen molar-refractivity contribution in [2.24, 2.45) is 5.92 Å².